The standard InChI is InChI=1S/C29H25FN6O3/c1-35-24(8-10-33-35)18-9-11-36-25(16-31-26(36)14-18)29(39)34-23-13-19(6-7-22(23)30)28(38)32-15-20-12-17-4-2-3-5-21(17)27(20)37/h2-11,13-14,16,20,27,37H,12,15H2,1H3,(H,32,38)(H,34,39). The number of pyridine rings is 1. The highest BCUT2D eigenvalue weighted by molar-refractivity contribution is 6.04. The number of rotatable bonds is 6. The third-order valence-corrected chi connectivity index (χ3v) is 7.17. The van der Waals surface area contributed by atoms with E-state index < -0.39 is 23.7 Å². The molecule has 3 heterocycles. The molecule has 196 valence electrons. The van der Waals surface area contributed by atoms with Crippen LogP contribution in [-0.2, 0) is 13.5 Å². The number of carbonyl (C=O) groups excluding carboxylic acids is 2. The fourth-order valence-corrected chi connectivity index (χ4v) is 5.08. The Bertz CT molecular complexity index is 1730. The molecule has 5 aromatic rings. The van der Waals surface area contributed by atoms with Gasteiger partial charge in [-0.05, 0) is 53.9 Å². The average Bonchev–Trinajstić information content (AvgIpc) is 3.65. The van der Waals surface area contributed by atoms with E-state index in [1.165, 1.54) is 18.3 Å². The fourth-order valence-electron chi connectivity index (χ4n) is 5.08. The zero-order valence-electron chi connectivity index (χ0n) is 21.0. The maximum absolute atomic E-state index is 14.6. The third kappa shape index (κ3) is 4.55. The number of aliphatic hydroxyl groups is 1. The van der Waals surface area contributed by atoms with Gasteiger partial charge in [-0.15, -0.1) is 0 Å². The van der Waals surface area contributed by atoms with Crippen molar-refractivity contribution in [3.63, 3.8) is 0 Å². The Kier molecular flexibility index (Phi) is 6.16. The number of aromatic nitrogens is 4. The van der Waals surface area contributed by atoms with Crippen LogP contribution in [0.15, 0.2) is 79.3 Å². The van der Waals surface area contributed by atoms with E-state index in [1.54, 1.807) is 21.5 Å². The van der Waals surface area contributed by atoms with Crippen LogP contribution < -0.4 is 10.6 Å². The first-order valence-corrected chi connectivity index (χ1v) is 12.5. The first-order valence-electron chi connectivity index (χ1n) is 12.5. The SMILES string of the molecule is Cn1nccc1-c1ccn2c(C(=O)Nc3cc(C(=O)NCC4Cc5ccccc5C4O)ccc3F)cnc2c1. The molecule has 39 heavy (non-hydrogen) atoms. The molecular formula is C29H25FN6O3. The number of hydrogen-bond acceptors (Lipinski definition) is 5. The number of aliphatic hydroxyl groups excluding tert-OH is 1. The van der Waals surface area contributed by atoms with Gasteiger partial charge in [0.2, 0.25) is 0 Å². The lowest BCUT2D eigenvalue weighted by Crippen LogP contribution is -2.31. The highest BCUT2D eigenvalue weighted by Gasteiger charge is 2.30. The Labute approximate surface area is 222 Å². The molecule has 0 bridgehead atoms. The topological polar surface area (TPSA) is 114 Å². The summed E-state index contributed by atoms with van der Waals surface area (Å²) in [5.41, 5.74) is 4.56. The van der Waals surface area contributed by atoms with Crippen molar-refractivity contribution in [1.82, 2.24) is 24.5 Å². The number of benzene rings is 2. The summed E-state index contributed by atoms with van der Waals surface area (Å²) in [6.45, 7) is 0.260. The van der Waals surface area contributed by atoms with Gasteiger partial charge in [-0.25, -0.2) is 9.37 Å². The number of anilines is 1. The lowest BCUT2D eigenvalue weighted by molar-refractivity contribution is 0.0902. The highest BCUT2D eigenvalue weighted by Crippen LogP contribution is 2.35. The number of amides is 2. The van der Waals surface area contributed by atoms with E-state index in [0.717, 1.165) is 28.5 Å². The fraction of sp³-hybridized carbons (Fsp3) is 0.172. The van der Waals surface area contributed by atoms with Crippen LogP contribution in [0.25, 0.3) is 16.9 Å². The van der Waals surface area contributed by atoms with Crippen molar-refractivity contribution in [2.45, 2.75) is 12.5 Å². The molecule has 2 atom stereocenters. The maximum atomic E-state index is 14.6. The van der Waals surface area contributed by atoms with Crippen LogP contribution in [0.3, 0.4) is 0 Å². The number of carbonyl (C=O) groups is 2. The van der Waals surface area contributed by atoms with Crippen molar-refractivity contribution in [1.29, 1.82) is 0 Å². The Hall–Kier alpha value is -4.83. The van der Waals surface area contributed by atoms with Gasteiger partial charge in [0.25, 0.3) is 11.8 Å². The molecule has 2 unspecified atom stereocenters. The number of nitrogens with one attached hydrogen (secondary N) is 2. The zero-order valence-corrected chi connectivity index (χ0v) is 21.0. The van der Waals surface area contributed by atoms with Gasteiger partial charge in [0, 0.05) is 43.0 Å². The molecule has 3 N–H and O–H groups in total. The predicted octanol–water partition coefficient (Wildman–Crippen LogP) is 3.76. The van der Waals surface area contributed by atoms with Crippen LogP contribution in [0.2, 0.25) is 0 Å². The molecular weight excluding hydrogens is 499 g/mol. The molecule has 1 aliphatic carbocycles. The molecule has 2 amide bonds. The average molecular weight is 525 g/mol. The summed E-state index contributed by atoms with van der Waals surface area (Å²) in [4.78, 5) is 30.2. The Morgan fingerprint density at radius 1 is 1.10 bits per heavy atom. The summed E-state index contributed by atoms with van der Waals surface area (Å²) in [6, 6.07) is 17.0. The van der Waals surface area contributed by atoms with Crippen LogP contribution in [-0.4, -0.2) is 42.6 Å². The number of fused-ring (bicyclic) bond motifs is 2. The molecule has 0 fully saturated rings. The zero-order chi connectivity index (χ0) is 27.1. The van der Waals surface area contributed by atoms with Gasteiger partial charge in [-0.3, -0.25) is 18.7 Å². The van der Waals surface area contributed by atoms with E-state index in [2.05, 4.69) is 20.7 Å². The van der Waals surface area contributed by atoms with Crippen molar-refractivity contribution in [2.24, 2.45) is 13.0 Å². The largest absolute Gasteiger partial charge is 0.388 e. The Morgan fingerprint density at radius 2 is 1.95 bits per heavy atom. The number of imidazole rings is 1. The molecule has 6 rings (SSSR count). The van der Waals surface area contributed by atoms with Gasteiger partial charge in [0.1, 0.15) is 17.2 Å². The molecule has 10 heteroatoms. The molecule has 1 aliphatic rings. The molecule has 9 nitrogen and oxygen atoms in total. The van der Waals surface area contributed by atoms with Crippen molar-refractivity contribution >= 4 is 23.1 Å². The van der Waals surface area contributed by atoms with Crippen molar-refractivity contribution in [2.75, 3.05) is 11.9 Å². The normalized spacial score (nSPS) is 16.3. The Morgan fingerprint density at radius 3 is 2.74 bits per heavy atom. The summed E-state index contributed by atoms with van der Waals surface area (Å²) in [7, 11) is 1.84. The lowest BCUT2D eigenvalue weighted by Gasteiger charge is -2.16. The van der Waals surface area contributed by atoms with Gasteiger partial charge in [-0.1, -0.05) is 24.3 Å². The maximum Gasteiger partial charge on any atom is 0.274 e. The summed E-state index contributed by atoms with van der Waals surface area (Å²) in [6.07, 6.45) is 4.83. The number of nitrogens with zero attached hydrogens (tertiary/aromatic N) is 4. The minimum absolute atomic E-state index is 0.123. The second-order valence-electron chi connectivity index (χ2n) is 9.59. The van der Waals surface area contributed by atoms with Crippen LogP contribution >= 0.6 is 0 Å². The van der Waals surface area contributed by atoms with Crippen LogP contribution in [0.4, 0.5) is 10.1 Å². The molecule has 0 aliphatic heterocycles. The number of aryl methyl sites for hydroxylation is 1. The molecule has 0 saturated heterocycles. The van der Waals surface area contributed by atoms with E-state index in [4.69, 9.17) is 0 Å². The second-order valence-corrected chi connectivity index (χ2v) is 9.59. The van der Waals surface area contributed by atoms with Crippen molar-refractivity contribution in [3.05, 3.63) is 107 Å². The quantitative estimate of drug-likeness (QED) is 0.313. The Balaban J connectivity index is 1.15. The summed E-state index contributed by atoms with van der Waals surface area (Å²) in [5.74, 6) is -1.82. The lowest BCUT2D eigenvalue weighted by atomic mass is 10.0. The van der Waals surface area contributed by atoms with E-state index in [0.29, 0.717) is 12.1 Å². The highest BCUT2D eigenvalue weighted by atomic mass is 19.1. The number of halogens is 1. The molecule has 0 saturated carbocycles. The van der Waals surface area contributed by atoms with Gasteiger partial charge < -0.3 is 15.7 Å². The summed E-state index contributed by atoms with van der Waals surface area (Å²) >= 11 is 0. The van der Waals surface area contributed by atoms with Gasteiger partial charge in [0.15, 0.2) is 0 Å². The molecule has 2 aromatic carbocycles. The van der Waals surface area contributed by atoms with Gasteiger partial charge in [0.05, 0.1) is 23.7 Å². The summed E-state index contributed by atoms with van der Waals surface area (Å²) < 4.78 is 18.0. The molecule has 0 radical (unpaired) electrons. The van der Waals surface area contributed by atoms with Crippen molar-refractivity contribution < 1.29 is 19.1 Å². The minimum atomic E-state index is -0.672. The van der Waals surface area contributed by atoms with Crippen LogP contribution in [0.1, 0.15) is 38.1 Å². The van der Waals surface area contributed by atoms with Gasteiger partial charge >= 0.3 is 0 Å². The second kappa shape index (κ2) is 9.80. The van der Waals surface area contributed by atoms with Crippen LogP contribution in [0.5, 0.6) is 0 Å². The van der Waals surface area contributed by atoms with Gasteiger partial charge in [-0.2, -0.15) is 5.10 Å². The minimum Gasteiger partial charge on any atom is -0.388 e. The van der Waals surface area contributed by atoms with E-state index in [-0.39, 0.29) is 29.4 Å². The third-order valence-electron chi connectivity index (χ3n) is 7.17. The monoisotopic (exact) mass is 524 g/mol. The number of hydrogen-bond donors (Lipinski definition) is 3. The van der Waals surface area contributed by atoms with Crippen LogP contribution in [0, 0.1) is 11.7 Å². The summed E-state index contributed by atoms with van der Waals surface area (Å²) in [5, 5.41) is 20.1. The molecule has 3 aromatic heterocycles. The van der Waals surface area contributed by atoms with E-state index in [1.807, 2.05) is 49.5 Å². The smallest absolute Gasteiger partial charge is 0.274 e. The van der Waals surface area contributed by atoms with Crippen molar-refractivity contribution in [3.8, 4) is 11.3 Å². The predicted molar refractivity (Wildman–Crippen MR) is 143 cm³/mol. The van der Waals surface area contributed by atoms with E-state index in [9.17, 15) is 19.1 Å². The molecule has 0 spiro atoms. The first-order chi connectivity index (χ1) is 18.9. The first kappa shape index (κ1) is 24.5. The van der Waals surface area contributed by atoms with E-state index >= 15 is 0 Å².